The van der Waals surface area contributed by atoms with Crippen LogP contribution in [0.5, 0.6) is 0 Å². The van der Waals surface area contributed by atoms with Gasteiger partial charge in [-0.3, -0.25) is 0 Å². The molecule has 0 unspecified atom stereocenters. The van der Waals surface area contributed by atoms with Gasteiger partial charge in [-0.25, -0.2) is 4.79 Å². The van der Waals surface area contributed by atoms with Gasteiger partial charge in [-0.1, -0.05) is 17.3 Å². The van der Waals surface area contributed by atoms with Gasteiger partial charge in [0.2, 0.25) is 0 Å². The number of carbonyl (C=O) groups is 1. The van der Waals surface area contributed by atoms with Crippen LogP contribution in [0.15, 0.2) is 33.7 Å². The molecular weight excluding hydrogens is 238 g/mol. The third-order valence-electron chi connectivity index (χ3n) is 2.67. The highest BCUT2D eigenvalue weighted by Gasteiger charge is 2.28. The van der Waals surface area contributed by atoms with Crippen molar-refractivity contribution in [3.8, 4) is 11.3 Å². The first-order valence-electron chi connectivity index (χ1n) is 5.10. The number of esters is 1. The standard InChI is InChI=1S/C12H9NO3S/c1-15-12(14)10-8-6-17-9-5-3-2-4-7(9)11(8)16-13-10/h2-5H,6H2,1H3. The van der Waals surface area contributed by atoms with Crippen LogP contribution in [0.25, 0.3) is 11.3 Å². The second-order valence-corrected chi connectivity index (χ2v) is 4.63. The van der Waals surface area contributed by atoms with E-state index in [1.807, 2.05) is 24.3 Å². The molecule has 1 aliphatic heterocycles. The fraction of sp³-hybridized carbons (Fsp3) is 0.167. The van der Waals surface area contributed by atoms with Crippen LogP contribution in [0.4, 0.5) is 0 Å². The minimum absolute atomic E-state index is 0.282. The SMILES string of the molecule is COC(=O)c1noc2c1CSc1ccccc1-2. The van der Waals surface area contributed by atoms with Crippen molar-refractivity contribution in [2.24, 2.45) is 0 Å². The molecular formula is C12H9NO3S. The Kier molecular flexibility index (Phi) is 2.40. The molecule has 0 radical (unpaired) electrons. The van der Waals surface area contributed by atoms with Gasteiger partial charge in [0.05, 0.1) is 7.11 Å². The first kappa shape index (κ1) is 10.4. The number of thioether (sulfide) groups is 1. The van der Waals surface area contributed by atoms with E-state index in [9.17, 15) is 4.79 Å². The smallest absolute Gasteiger partial charge is 0.360 e. The maximum Gasteiger partial charge on any atom is 0.360 e. The highest BCUT2D eigenvalue weighted by molar-refractivity contribution is 7.98. The molecule has 0 saturated heterocycles. The molecule has 17 heavy (non-hydrogen) atoms. The van der Waals surface area contributed by atoms with Gasteiger partial charge in [0.25, 0.3) is 0 Å². The first-order valence-corrected chi connectivity index (χ1v) is 6.09. The summed E-state index contributed by atoms with van der Waals surface area (Å²) < 4.78 is 9.95. The van der Waals surface area contributed by atoms with E-state index in [2.05, 4.69) is 9.89 Å². The van der Waals surface area contributed by atoms with Crippen molar-refractivity contribution in [3.05, 3.63) is 35.5 Å². The number of rotatable bonds is 1. The Balaban J connectivity index is 2.16. The van der Waals surface area contributed by atoms with E-state index in [-0.39, 0.29) is 5.69 Å². The van der Waals surface area contributed by atoms with Crippen LogP contribution in [0, 0.1) is 0 Å². The number of ether oxygens (including phenoxy) is 1. The molecule has 1 aromatic heterocycles. The quantitative estimate of drug-likeness (QED) is 0.725. The van der Waals surface area contributed by atoms with E-state index in [1.165, 1.54) is 7.11 Å². The lowest BCUT2D eigenvalue weighted by Gasteiger charge is -2.13. The van der Waals surface area contributed by atoms with Gasteiger partial charge < -0.3 is 9.26 Å². The van der Waals surface area contributed by atoms with Crippen LogP contribution in [-0.2, 0) is 10.5 Å². The van der Waals surface area contributed by atoms with Crippen molar-refractivity contribution in [2.75, 3.05) is 7.11 Å². The molecule has 5 heteroatoms. The normalized spacial score (nSPS) is 12.8. The molecule has 4 nitrogen and oxygen atoms in total. The van der Waals surface area contributed by atoms with E-state index in [4.69, 9.17) is 4.52 Å². The van der Waals surface area contributed by atoms with Crippen LogP contribution in [0.3, 0.4) is 0 Å². The molecule has 2 aromatic rings. The van der Waals surface area contributed by atoms with Crippen LogP contribution >= 0.6 is 11.8 Å². The molecule has 0 atom stereocenters. The van der Waals surface area contributed by atoms with Gasteiger partial charge in [0, 0.05) is 21.8 Å². The van der Waals surface area contributed by atoms with E-state index in [0.717, 1.165) is 16.0 Å². The van der Waals surface area contributed by atoms with Crippen molar-refractivity contribution in [1.29, 1.82) is 0 Å². The molecule has 0 amide bonds. The molecule has 86 valence electrons. The summed E-state index contributed by atoms with van der Waals surface area (Å²) in [5, 5.41) is 3.80. The fourth-order valence-electron chi connectivity index (χ4n) is 1.84. The predicted octanol–water partition coefficient (Wildman–Crippen LogP) is 2.73. The molecule has 0 N–H and O–H groups in total. The monoisotopic (exact) mass is 247 g/mol. The van der Waals surface area contributed by atoms with Crippen molar-refractivity contribution in [3.63, 3.8) is 0 Å². The molecule has 0 saturated carbocycles. The molecule has 0 fully saturated rings. The third kappa shape index (κ3) is 1.54. The second kappa shape index (κ2) is 3.92. The summed E-state index contributed by atoms with van der Waals surface area (Å²) in [4.78, 5) is 12.7. The maximum absolute atomic E-state index is 11.5. The molecule has 0 spiro atoms. The molecule has 3 rings (SSSR count). The van der Waals surface area contributed by atoms with Crippen molar-refractivity contribution >= 4 is 17.7 Å². The van der Waals surface area contributed by atoms with Gasteiger partial charge in [0.15, 0.2) is 11.5 Å². The van der Waals surface area contributed by atoms with Gasteiger partial charge in [0.1, 0.15) is 0 Å². The Bertz CT molecular complexity index is 591. The van der Waals surface area contributed by atoms with Gasteiger partial charge in [-0.15, -0.1) is 11.8 Å². The summed E-state index contributed by atoms with van der Waals surface area (Å²) in [6.07, 6.45) is 0. The third-order valence-corrected chi connectivity index (χ3v) is 3.77. The Morgan fingerprint density at radius 3 is 3.12 bits per heavy atom. The highest BCUT2D eigenvalue weighted by Crippen LogP contribution is 2.42. The minimum Gasteiger partial charge on any atom is -0.464 e. The molecule has 0 aliphatic carbocycles. The number of hydrogen-bond acceptors (Lipinski definition) is 5. The Morgan fingerprint density at radius 2 is 2.29 bits per heavy atom. The summed E-state index contributed by atoms with van der Waals surface area (Å²) in [5.74, 6) is 0.912. The number of fused-ring (bicyclic) bond motifs is 3. The van der Waals surface area contributed by atoms with E-state index >= 15 is 0 Å². The lowest BCUT2D eigenvalue weighted by Crippen LogP contribution is -2.06. The number of methoxy groups -OCH3 is 1. The summed E-state index contributed by atoms with van der Waals surface area (Å²) in [6, 6.07) is 7.92. The summed E-state index contributed by atoms with van der Waals surface area (Å²) in [5.41, 5.74) is 2.09. The van der Waals surface area contributed by atoms with Gasteiger partial charge in [-0.05, 0) is 12.1 Å². The van der Waals surface area contributed by atoms with Crippen LogP contribution in [0.1, 0.15) is 16.1 Å². The van der Waals surface area contributed by atoms with Gasteiger partial charge in [-0.2, -0.15) is 0 Å². The molecule has 0 bridgehead atoms. The van der Waals surface area contributed by atoms with Crippen molar-refractivity contribution in [1.82, 2.24) is 5.16 Å². The lowest BCUT2D eigenvalue weighted by atomic mass is 10.1. The summed E-state index contributed by atoms with van der Waals surface area (Å²) in [7, 11) is 1.34. The van der Waals surface area contributed by atoms with E-state index in [0.29, 0.717) is 11.5 Å². The number of nitrogens with zero attached hydrogens (tertiary/aromatic N) is 1. The number of hydrogen-bond donors (Lipinski definition) is 0. The van der Waals surface area contributed by atoms with Crippen molar-refractivity contribution in [2.45, 2.75) is 10.6 Å². The Hall–Kier alpha value is -1.75. The summed E-state index contributed by atoms with van der Waals surface area (Å²) >= 11 is 1.67. The number of aromatic nitrogens is 1. The molecule has 1 aromatic carbocycles. The maximum atomic E-state index is 11.5. The summed E-state index contributed by atoms with van der Waals surface area (Å²) in [6.45, 7) is 0. The van der Waals surface area contributed by atoms with E-state index in [1.54, 1.807) is 11.8 Å². The average Bonchev–Trinajstić information content (AvgIpc) is 2.82. The zero-order valence-corrected chi connectivity index (χ0v) is 9.91. The topological polar surface area (TPSA) is 52.3 Å². The van der Waals surface area contributed by atoms with E-state index < -0.39 is 5.97 Å². The second-order valence-electron chi connectivity index (χ2n) is 3.62. The van der Waals surface area contributed by atoms with Crippen LogP contribution in [-0.4, -0.2) is 18.2 Å². The van der Waals surface area contributed by atoms with Crippen LogP contribution < -0.4 is 0 Å². The number of benzene rings is 1. The predicted molar refractivity (Wildman–Crippen MR) is 62.8 cm³/mol. The van der Waals surface area contributed by atoms with Crippen LogP contribution in [0.2, 0.25) is 0 Å². The average molecular weight is 247 g/mol. The first-order chi connectivity index (χ1) is 8.31. The fourth-order valence-corrected chi connectivity index (χ4v) is 2.90. The number of carbonyl (C=O) groups excluding carboxylic acids is 1. The molecule has 1 aliphatic rings. The zero-order valence-electron chi connectivity index (χ0n) is 9.10. The zero-order chi connectivity index (χ0) is 11.8. The lowest BCUT2D eigenvalue weighted by molar-refractivity contribution is 0.0588. The minimum atomic E-state index is -0.449. The van der Waals surface area contributed by atoms with Crippen molar-refractivity contribution < 1.29 is 14.1 Å². The van der Waals surface area contributed by atoms with Gasteiger partial charge >= 0.3 is 5.97 Å². The largest absolute Gasteiger partial charge is 0.464 e. The highest BCUT2D eigenvalue weighted by atomic mass is 32.2. The molecule has 2 heterocycles. The Morgan fingerprint density at radius 1 is 1.47 bits per heavy atom. The Labute approximate surface area is 102 Å².